The van der Waals surface area contributed by atoms with Gasteiger partial charge in [0.05, 0.1) is 0 Å². The lowest BCUT2D eigenvalue weighted by Crippen LogP contribution is -2.42. The van der Waals surface area contributed by atoms with Crippen molar-refractivity contribution in [3.8, 4) is 0 Å². The van der Waals surface area contributed by atoms with Crippen LogP contribution < -0.4 is 11.1 Å². The van der Waals surface area contributed by atoms with Crippen LogP contribution in [0.5, 0.6) is 0 Å². The first-order valence-corrected chi connectivity index (χ1v) is 5.34. The van der Waals surface area contributed by atoms with E-state index < -0.39 is 11.3 Å². The van der Waals surface area contributed by atoms with Crippen LogP contribution in [0.15, 0.2) is 23.4 Å². The maximum atomic E-state index is 12.9. The zero-order valence-corrected chi connectivity index (χ0v) is 10.5. The van der Waals surface area contributed by atoms with E-state index in [0.717, 1.165) is 0 Å². The van der Waals surface area contributed by atoms with Gasteiger partial charge in [-0.25, -0.2) is 4.39 Å². The number of carbonyl (C=O) groups excluding carboxylic acids is 1. The van der Waals surface area contributed by atoms with Crippen LogP contribution in [0.1, 0.15) is 19.4 Å². The molecular formula is C12H16FN3O2. The van der Waals surface area contributed by atoms with Gasteiger partial charge in [-0.1, -0.05) is 5.16 Å². The first kappa shape index (κ1) is 14.0. The highest BCUT2D eigenvalue weighted by molar-refractivity contribution is 6.11. The number of amides is 1. The fourth-order valence-corrected chi connectivity index (χ4v) is 1.29. The Morgan fingerprint density at radius 1 is 1.50 bits per heavy atom. The molecule has 1 aromatic rings. The van der Waals surface area contributed by atoms with Crippen molar-refractivity contribution in [3.05, 3.63) is 29.6 Å². The van der Waals surface area contributed by atoms with Gasteiger partial charge in [-0.3, -0.25) is 4.79 Å². The van der Waals surface area contributed by atoms with Crippen LogP contribution in [0.4, 0.5) is 10.1 Å². The number of nitrogens with two attached hydrogens (primary N) is 1. The summed E-state index contributed by atoms with van der Waals surface area (Å²) in [5.41, 5.74) is 5.37. The minimum absolute atomic E-state index is 0.195. The van der Waals surface area contributed by atoms with E-state index in [1.807, 2.05) is 0 Å². The number of oxime groups is 1. The smallest absolute Gasteiger partial charge is 0.237 e. The van der Waals surface area contributed by atoms with Gasteiger partial charge < -0.3 is 16.3 Å². The molecule has 98 valence electrons. The van der Waals surface area contributed by atoms with Crippen molar-refractivity contribution in [2.24, 2.45) is 16.3 Å². The lowest BCUT2D eigenvalue weighted by Gasteiger charge is -2.22. The molecule has 5 nitrogen and oxygen atoms in total. The van der Waals surface area contributed by atoms with Gasteiger partial charge in [0.25, 0.3) is 0 Å². The molecule has 0 bridgehead atoms. The Hall–Kier alpha value is -2.11. The van der Waals surface area contributed by atoms with Crippen LogP contribution in [-0.4, -0.2) is 17.0 Å². The zero-order chi connectivity index (χ0) is 13.9. The second-order valence-corrected chi connectivity index (χ2v) is 4.52. The maximum absolute atomic E-state index is 12.9. The molecule has 0 spiro atoms. The summed E-state index contributed by atoms with van der Waals surface area (Å²) in [5, 5.41) is 14.1. The van der Waals surface area contributed by atoms with E-state index in [4.69, 9.17) is 10.9 Å². The topological polar surface area (TPSA) is 87.7 Å². The van der Waals surface area contributed by atoms with Gasteiger partial charge in [-0.05, 0) is 44.5 Å². The number of nitrogens with one attached hydrogen (secondary N) is 1. The third-order valence-corrected chi connectivity index (χ3v) is 2.75. The van der Waals surface area contributed by atoms with E-state index in [1.54, 1.807) is 6.92 Å². The summed E-state index contributed by atoms with van der Waals surface area (Å²) in [6.45, 7) is 4.72. The summed E-state index contributed by atoms with van der Waals surface area (Å²) in [7, 11) is 0. The number of amidine groups is 1. The molecular weight excluding hydrogens is 237 g/mol. The van der Waals surface area contributed by atoms with Crippen LogP contribution in [0.2, 0.25) is 0 Å². The van der Waals surface area contributed by atoms with Crippen molar-refractivity contribution in [2.75, 3.05) is 5.32 Å². The van der Waals surface area contributed by atoms with Crippen LogP contribution in [0.25, 0.3) is 0 Å². The van der Waals surface area contributed by atoms with E-state index >= 15 is 0 Å². The molecule has 0 atom stereocenters. The number of nitrogens with zero attached hydrogens (tertiary/aromatic N) is 1. The van der Waals surface area contributed by atoms with Crippen molar-refractivity contribution in [1.29, 1.82) is 0 Å². The number of anilines is 1. The van der Waals surface area contributed by atoms with Crippen LogP contribution in [0.3, 0.4) is 0 Å². The number of rotatable bonds is 3. The summed E-state index contributed by atoms with van der Waals surface area (Å²) in [5.74, 6) is -1.01. The second kappa shape index (κ2) is 5.03. The van der Waals surface area contributed by atoms with E-state index in [9.17, 15) is 9.18 Å². The van der Waals surface area contributed by atoms with E-state index in [-0.39, 0.29) is 11.7 Å². The van der Waals surface area contributed by atoms with E-state index in [2.05, 4.69) is 10.5 Å². The fraction of sp³-hybridized carbons (Fsp3) is 0.333. The van der Waals surface area contributed by atoms with E-state index in [1.165, 1.54) is 32.0 Å². The van der Waals surface area contributed by atoms with Crippen molar-refractivity contribution in [2.45, 2.75) is 20.8 Å². The van der Waals surface area contributed by atoms with Gasteiger partial charge in [0.1, 0.15) is 11.2 Å². The molecule has 0 unspecified atom stereocenters. The quantitative estimate of drug-likeness (QED) is 0.332. The molecule has 0 aliphatic rings. The first-order chi connectivity index (χ1) is 8.28. The normalized spacial score (nSPS) is 12.3. The summed E-state index contributed by atoms with van der Waals surface area (Å²) < 4.78 is 12.9. The van der Waals surface area contributed by atoms with Crippen molar-refractivity contribution < 1.29 is 14.4 Å². The highest BCUT2D eigenvalue weighted by Crippen LogP contribution is 2.21. The third-order valence-electron chi connectivity index (χ3n) is 2.75. The van der Waals surface area contributed by atoms with Crippen molar-refractivity contribution >= 4 is 17.4 Å². The number of hydrogen-bond donors (Lipinski definition) is 3. The summed E-state index contributed by atoms with van der Waals surface area (Å²) in [6, 6.07) is 4.02. The van der Waals surface area contributed by atoms with Gasteiger partial charge in [-0.2, -0.15) is 0 Å². The summed E-state index contributed by atoms with van der Waals surface area (Å²) in [6.07, 6.45) is 0. The Morgan fingerprint density at radius 2 is 2.11 bits per heavy atom. The molecule has 0 aliphatic carbocycles. The molecule has 0 aromatic heterocycles. The van der Waals surface area contributed by atoms with E-state index in [0.29, 0.717) is 11.3 Å². The molecule has 4 N–H and O–H groups in total. The predicted molar refractivity (Wildman–Crippen MR) is 67.0 cm³/mol. The van der Waals surface area contributed by atoms with Crippen molar-refractivity contribution in [1.82, 2.24) is 0 Å². The minimum atomic E-state index is -1.16. The zero-order valence-electron chi connectivity index (χ0n) is 10.5. The second-order valence-electron chi connectivity index (χ2n) is 4.52. The van der Waals surface area contributed by atoms with Gasteiger partial charge in [-0.15, -0.1) is 0 Å². The number of carbonyl (C=O) groups is 1. The van der Waals surface area contributed by atoms with Gasteiger partial charge in [0, 0.05) is 5.69 Å². The Bertz CT molecular complexity index is 498. The number of aryl methyl sites for hydroxylation is 1. The lowest BCUT2D eigenvalue weighted by molar-refractivity contribution is -0.121. The van der Waals surface area contributed by atoms with Gasteiger partial charge in [0.2, 0.25) is 5.91 Å². The Labute approximate surface area is 104 Å². The van der Waals surface area contributed by atoms with Crippen LogP contribution in [-0.2, 0) is 4.79 Å². The van der Waals surface area contributed by atoms with Gasteiger partial charge in [0.15, 0.2) is 5.84 Å². The minimum Gasteiger partial charge on any atom is -0.409 e. The standard InChI is InChI=1S/C12H16FN3O2/c1-7-6-8(13)4-5-9(7)15-11(17)12(2,3)10(14)16-18/h4-6,18H,1-3H3,(H2,14,16)(H,15,17). The molecule has 1 aromatic carbocycles. The molecule has 1 amide bonds. The van der Waals surface area contributed by atoms with Crippen molar-refractivity contribution in [3.63, 3.8) is 0 Å². The molecule has 6 heteroatoms. The maximum Gasteiger partial charge on any atom is 0.237 e. The third kappa shape index (κ3) is 2.77. The predicted octanol–water partition coefficient (Wildman–Crippen LogP) is 1.85. The number of halogens is 1. The molecule has 0 aliphatic heterocycles. The number of benzene rings is 1. The van der Waals surface area contributed by atoms with Gasteiger partial charge >= 0.3 is 0 Å². The molecule has 0 saturated carbocycles. The fourth-order valence-electron chi connectivity index (χ4n) is 1.29. The monoisotopic (exact) mass is 253 g/mol. The first-order valence-electron chi connectivity index (χ1n) is 5.34. The largest absolute Gasteiger partial charge is 0.409 e. The Morgan fingerprint density at radius 3 is 2.61 bits per heavy atom. The Kier molecular flexibility index (Phi) is 3.90. The molecule has 0 heterocycles. The molecule has 0 radical (unpaired) electrons. The lowest BCUT2D eigenvalue weighted by atomic mass is 9.90. The molecule has 1 rings (SSSR count). The Balaban J connectivity index is 2.95. The van der Waals surface area contributed by atoms with Crippen LogP contribution >= 0.6 is 0 Å². The highest BCUT2D eigenvalue weighted by atomic mass is 19.1. The average molecular weight is 253 g/mol. The SMILES string of the molecule is Cc1cc(F)ccc1NC(=O)C(C)(C)C(N)=NO. The molecule has 0 saturated heterocycles. The highest BCUT2D eigenvalue weighted by Gasteiger charge is 2.33. The molecule has 18 heavy (non-hydrogen) atoms. The summed E-state index contributed by atoms with van der Waals surface area (Å²) in [4.78, 5) is 12.0. The average Bonchev–Trinajstić information content (AvgIpc) is 2.31. The summed E-state index contributed by atoms with van der Waals surface area (Å²) >= 11 is 0. The molecule has 0 fully saturated rings. The van der Waals surface area contributed by atoms with Crippen LogP contribution in [0, 0.1) is 18.2 Å². The number of hydrogen-bond acceptors (Lipinski definition) is 3.